The Bertz CT molecular complexity index is 638. The third-order valence-electron chi connectivity index (χ3n) is 3.69. The first-order chi connectivity index (χ1) is 9.65. The molecule has 1 aliphatic carbocycles. The molecule has 0 radical (unpaired) electrons. The van der Waals surface area contributed by atoms with Gasteiger partial charge in [-0.3, -0.25) is 9.48 Å². The summed E-state index contributed by atoms with van der Waals surface area (Å²) in [5.74, 6) is -0.0511. The molecule has 0 spiro atoms. The second-order valence-corrected chi connectivity index (χ2v) is 5.21. The van der Waals surface area contributed by atoms with Crippen LogP contribution in [0.4, 0.5) is 4.39 Å². The molecule has 1 fully saturated rings. The van der Waals surface area contributed by atoms with Crippen LogP contribution in [0.2, 0.25) is 0 Å². The van der Waals surface area contributed by atoms with E-state index in [0.717, 1.165) is 12.0 Å². The molecule has 2 aromatic rings. The van der Waals surface area contributed by atoms with Gasteiger partial charge in [0.25, 0.3) is 0 Å². The van der Waals surface area contributed by atoms with Crippen molar-refractivity contribution in [3.8, 4) is 0 Å². The number of hydrogen-bond donors (Lipinski definition) is 1. The molecule has 0 aliphatic heterocycles. The summed E-state index contributed by atoms with van der Waals surface area (Å²) in [6, 6.07) is 6.48. The number of carbonyl (C=O) groups excluding carboxylic acids is 1. The minimum Gasteiger partial charge on any atom is -0.352 e. The standard InChI is InChI=1S/C15H16FN3O/c1-19-9-11(8-18-19)12-6-13(12)15(20)17-7-10-4-2-3-5-14(10)16/h2-5,8-9,12-13H,6-7H2,1H3,(H,17,20)/t12-,13+/m1/s1. The molecule has 20 heavy (non-hydrogen) atoms. The summed E-state index contributed by atoms with van der Waals surface area (Å²) in [6.45, 7) is 0.238. The van der Waals surface area contributed by atoms with Gasteiger partial charge in [0, 0.05) is 31.3 Å². The molecule has 0 bridgehead atoms. The summed E-state index contributed by atoms with van der Waals surface area (Å²) in [7, 11) is 1.86. The third kappa shape index (κ3) is 2.57. The predicted octanol–water partition coefficient (Wildman–Crippen LogP) is 1.98. The fourth-order valence-electron chi connectivity index (χ4n) is 2.44. The highest BCUT2D eigenvalue weighted by atomic mass is 19.1. The highest BCUT2D eigenvalue weighted by molar-refractivity contribution is 5.82. The van der Waals surface area contributed by atoms with Gasteiger partial charge in [-0.15, -0.1) is 0 Å². The smallest absolute Gasteiger partial charge is 0.224 e. The van der Waals surface area contributed by atoms with E-state index in [1.807, 2.05) is 13.2 Å². The third-order valence-corrected chi connectivity index (χ3v) is 3.69. The first-order valence-corrected chi connectivity index (χ1v) is 6.65. The van der Waals surface area contributed by atoms with Crippen LogP contribution in [-0.4, -0.2) is 15.7 Å². The fraction of sp³-hybridized carbons (Fsp3) is 0.333. The van der Waals surface area contributed by atoms with Crippen LogP contribution in [0.25, 0.3) is 0 Å². The van der Waals surface area contributed by atoms with Crippen LogP contribution in [0.15, 0.2) is 36.7 Å². The van der Waals surface area contributed by atoms with Gasteiger partial charge in [-0.2, -0.15) is 5.10 Å². The zero-order valence-corrected chi connectivity index (χ0v) is 11.2. The molecule has 3 rings (SSSR count). The molecule has 1 saturated carbocycles. The van der Waals surface area contributed by atoms with Crippen molar-refractivity contribution >= 4 is 5.91 Å². The maximum atomic E-state index is 13.4. The van der Waals surface area contributed by atoms with E-state index >= 15 is 0 Å². The Morgan fingerprint density at radius 3 is 3.00 bits per heavy atom. The largest absolute Gasteiger partial charge is 0.352 e. The molecule has 0 unspecified atom stereocenters. The minimum absolute atomic E-state index is 0.00836. The van der Waals surface area contributed by atoms with Crippen molar-refractivity contribution in [1.29, 1.82) is 0 Å². The van der Waals surface area contributed by atoms with E-state index in [-0.39, 0.29) is 30.1 Å². The van der Waals surface area contributed by atoms with Crippen molar-refractivity contribution in [2.45, 2.75) is 18.9 Å². The van der Waals surface area contributed by atoms with Crippen molar-refractivity contribution in [2.75, 3.05) is 0 Å². The van der Waals surface area contributed by atoms with Gasteiger partial charge < -0.3 is 5.32 Å². The zero-order valence-electron chi connectivity index (χ0n) is 11.2. The number of nitrogens with zero attached hydrogens (tertiary/aromatic N) is 2. The quantitative estimate of drug-likeness (QED) is 0.926. The first kappa shape index (κ1) is 12.8. The van der Waals surface area contributed by atoms with Crippen molar-refractivity contribution in [3.05, 3.63) is 53.6 Å². The summed E-state index contributed by atoms with van der Waals surface area (Å²) >= 11 is 0. The molecule has 104 valence electrons. The number of aryl methyl sites for hydroxylation is 1. The van der Waals surface area contributed by atoms with Crippen LogP contribution in [0.1, 0.15) is 23.5 Å². The first-order valence-electron chi connectivity index (χ1n) is 6.65. The summed E-state index contributed by atoms with van der Waals surface area (Å²) in [5.41, 5.74) is 1.61. The summed E-state index contributed by atoms with van der Waals surface area (Å²) in [4.78, 5) is 12.0. The average molecular weight is 273 g/mol. The van der Waals surface area contributed by atoms with E-state index < -0.39 is 0 Å². The topological polar surface area (TPSA) is 46.9 Å². The van der Waals surface area contributed by atoms with Crippen molar-refractivity contribution < 1.29 is 9.18 Å². The number of amides is 1. The Morgan fingerprint density at radius 1 is 1.50 bits per heavy atom. The molecule has 1 N–H and O–H groups in total. The zero-order chi connectivity index (χ0) is 14.1. The van der Waals surface area contributed by atoms with Crippen LogP contribution < -0.4 is 5.32 Å². The maximum Gasteiger partial charge on any atom is 0.224 e. The van der Waals surface area contributed by atoms with Crippen LogP contribution in [-0.2, 0) is 18.4 Å². The van der Waals surface area contributed by atoms with E-state index in [1.54, 1.807) is 29.1 Å². The maximum absolute atomic E-state index is 13.4. The molecule has 1 aromatic heterocycles. The Morgan fingerprint density at radius 2 is 2.30 bits per heavy atom. The Kier molecular flexibility index (Phi) is 3.26. The second-order valence-electron chi connectivity index (χ2n) is 5.21. The Balaban J connectivity index is 1.55. The molecular weight excluding hydrogens is 257 g/mol. The highest BCUT2D eigenvalue weighted by Gasteiger charge is 2.44. The summed E-state index contributed by atoms with van der Waals surface area (Å²) in [5, 5.41) is 6.91. The number of benzene rings is 1. The number of rotatable bonds is 4. The van der Waals surface area contributed by atoms with Crippen LogP contribution in [0.5, 0.6) is 0 Å². The van der Waals surface area contributed by atoms with E-state index in [2.05, 4.69) is 10.4 Å². The average Bonchev–Trinajstić information content (AvgIpc) is 3.13. The van der Waals surface area contributed by atoms with Gasteiger partial charge in [-0.1, -0.05) is 18.2 Å². The fourth-order valence-corrected chi connectivity index (χ4v) is 2.44. The Hall–Kier alpha value is -2.17. The molecule has 0 saturated heterocycles. The van der Waals surface area contributed by atoms with E-state index in [0.29, 0.717) is 5.56 Å². The lowest BCUT2D eigenvalue weighted by Gasteiger charge is -2.05. The molecule has 1 aromatic carbocycles. The van der Waals surface area contributed by atoms with E-state index in [4.69, 9.17) is 0 Å². The van der Waals surface area contributed by atoms with Gasteiger partial charge in [0.1, 0.15) is 5.82 Å². The normalized spacial score (nSPS) is 20.7. The highest BCUT2D eigenvalue weighted by Crippen LogP contribution is 2.47. The molecule has 4 nitrogen and oxygen atoms in total. The monoisotopic (exact) mass is 273 g/mol. The van der Waals surface area contributed by atoms with Gasteiger partial charge in [0.15, 0.2) is 0 Å². The van der Waals surface area contributed by atoms with E-state index in [1.165, 1.54) is 6.07 Å². The van der Waals surface area contributed by atoms with Crippen LogP contribution in [0.3, 0.4) is 0 Å². The minimum atomic E-state index is -0.285. The van der Waals surface area contributed by atoms with Gasteiger partial charge in [0.2, 0.25) is 5.91 Å². The van der Waals surface area contributed by atoms with Gasteiger partial charge in [-0.05, 0) is 24.0 Å². The molecule has 1 amide bonds. The molecule has 5 heteroatoms. The number of nitrogens with one attached hydrogen (secondary N) is 1. The second kappa shape index (κ2) is 5.07. The summed E-state index contributed by atoms with van der Waals surface area (Å²) < 4.78 is 15.2. The molecule has 2 atom stereocenters. The Labute approximate surface area is 116 Å². The lowest BCUT2D eigenvalue weighted by molar-refractivity contribution is -0.122. The van der Waals surface area contributed by atoms with Crippen molar-refractivity contribution in [1.82, 2.24) is 15.1 Å². The van der Waals surface area contributed by atoms with Gasteiger partial charge >= 0.3 is 0 Å². The molecule has 1 aliphatic rings. The van der Waals surface area contributed by atoms with Crippen LogP contribution in [0, 0.1) is 11.7 Å². The van der Waals surface area contributed by atoms with Crippen molar-refractivity contribution in [2.24, 2.45) is 13.0 Å². The number of hydrogen-bond acceptors (Lipinski definition) is 2. The lowest BCUT2D eigenvalue weighted by atomic mass is 10.2. The van der Waals surface area contributed by atoms with E-state index in [9.17, 15) is 9.18 Å². The number of halogens is 1. The number of aromatic nitrogens is 2. The molecular formula is C15H16FN3O. The number of carbonyl (C=O) groups is 1. The molecule has 1 heterocycles. The SMILES string of the molecule is Cn1cc([C@H]2C[C@@H]2C(=O)NCc2ccccc2F)cn1. The van der Waals surface area contributed by atoms with Crippen molar-refractivity contribution in [3.63, 3.8) is 0 Å². The summed E-state index contributed by atoms with van der Waals surface area (Å²) in [6.07, 6.45) is 4.58. The van der Waals surface area contributed by atoms with Crippen LogP contribution >= 0.6 is 0 Å². The lowest BCUT2D eigenvalue weighted by Crippen LogP contribution is -2.25. The van der Waals surface area contributed by atoms with Gasteiger partial charge in [-0.25, -0.2) is 4.39 Å². The predicted molar refractivity (Wildman–Crippen MR) is 72.3 cm³/mol. The van der Waals surface area contributed by atoms with Gasteiger partial charge in [0.05, 0.1) is 6.20 Å².